The summed E-state index contributed by atoms with van der Waals surface area (Å²) in [5.41, 5.74) is 1.62. The van der Waals surface area contributed by atoms with Crippen LogP contribution in [0.1, 0.15) is 15.9 Å². The number of carbonyl (C=O) groups is 1. The lowest BCUT2D eigenvalue weighted by atomic mass is 10.2. The first-order valence-corrected chi connectivity index (χ1v) is 6.89. The molecule has 0 fully saturated rings. The SMILES string of the molecule is COc1ccc(CN(C)C(=O)c2ccc(Br)nc2)cc1. The predicted molar refractivity (Wildman–Crippen MR) is 80.7 cm³/mol. The van der Waals surface area contributed by atoms with E-state index in [0.29, 0.717) is 16.7 Å². The highest BCUT2D eigenvalue weighted by Gasteiger charge is 2.12. The van der Waals surface area contributed by atoms with Gasteiger partial charge in [0.15, 0.2) is 0 Å². The molecule has 104 valence electrons. The molecule has 5 heteroatoms. The van der Waals surface area contributed by atoms with Crippen molar-refractivity contribution in [2.24, 2.45) is 0 Å². The van der Waals surface area contributed by atoms with E-state index in [9.17, 15) is 4.79 Å². The average molecular weight is 335 g/mol. The Labute approximate surface area is 126 Å². The summed E-state index contributed by atoms with van der Waals surface area (Å²) in [5, 5.41) is 0. The fourth-order valence-corrected chi connectivity index (χ4v) is 2.03. The van der Waals surface area contributed by atoms with Crippen molar-refractivity contribution in [1.29, 1.82) is 0 Å². The number of aromatic nitrogens is 1. The zero-order valence-corrected chi connectivity index (χ0v) is 12.9. The number of hydrogen-bond donors (Lipinski definition) is 0. The minimum atomic E-state index is -0.0548. The number of carbonyl (C=O) groups excluding carboxylic acids is 1. The molecule has 0 unspecified atom stereocenters. The van der Waals surface area contributed by atoms with Gasteiger partial charge in [0.25, 0.3) is 5.91 Å². The second kappa shape index (κ2) is 6.52. The number of benzene rings is 1. The summed E-state index contributed by atoms with van der Waals surface area (Å²) in [6, 6.07) is 11.2. The summed E-state index contributed by atoms with van der Waals surface area (Å²) in [4.78, 5) is 18.0. The second-order valence-electron chi connectivity index (χ2n) is 4.38. The minimum Gasteiger partial charge on any atom is -0.497 e. The monoisotopic (exact) mass is 334 g/mol. The molecular formula is C15H15BrN2O2. The van der Waals surface area contributed by atoms with Gasteiger partial charge in [0, 0.05) is 19.8 Å². The van der Waals surface area contributed by atoms with Gasteiger partial charge in [-0.1, -0.05) is 12.1 Å². The third kappa shape index (κ3) is 3.57. The molecule has 0 spiro atoms. The van der Waals surface area contributed by atoms with E-state index in [0.717, 1.165) is 11.3 Å². The summed E-state index contributed by atoms with van der Waals surface area (Å²) >= 11 is 3.25. The number of nitrogens with zero attached hydrogens (tertiary/aromatic N) is 2. The van der Waals surface area contributed by atoms with Crippen molar-refractivity contribution in [3.05, 3.63) is 58.3 Å². The van der Waals surface area contributed by atoms with Crippen LogP contribution in [0.3, 0.4) is 0 Å². The number of hydrogen-bond acceptors (Lipinski definition) is 3. The quantitative estimate of drug-likeness (QED) is 0.807. The van der Waals surface area contributed by atoms with Crippen LogP contribution in [0.15, 0.2) is 47.2 Å². The topological polar surface area (TPSA) is 42.4 Å². The highest BCUT2D eigenvalue weighted by Crippen LogP contribution is 2.14. The number of rotatable bonds is 4. The summed E-state index contributed by atoms with van der Waals surface area (Å²) in [7, 11) is 3.40. The lowest BCUT2D eigenvalue weighted by molar-refractivity contribution is 0.0784. The molecule has 0 atom stereocenters. The lowest BCUT2D eigenvalue weighted by Gasteiger charge is -2.17. The van der Waals surface area contributed by atoms with Gasteiger partial charge in [-0.25, -0.2) is 4.98 Å². The normalized spacial score (nSPS) is 10.2. The Balaban J connectivity index is 2.04. The van der Waals surface area contributed by atoms with Crippen LogP contribution in [-0.2, 0) is 6.54 Å². The molecule has 0 aliphatic rings. The van der Waals surface area contributed by atoms with Gasteiger partial charge in [0.05, 0.1) is 12.7 Å². The van der Waals surface area contributed by atoms with Crippen molar-refractivity contribution in [3.8, 4) is 5.75 Å². The first kappa shape index (κ1) is 14.5. The summed E-state index contributed by atoms with van der Waals surface area (Å²) in [5.74, 6) is 0.751. The molecular weight excluding hydrogens is 320 g/mol. The standard InChI is InChI=1S/C15H15BrN2O2/c1-18(10-11-3-6-13(20-2)7-4-11)15(19)12-5-8-14(16)17-9-12/h3-9H,10H2,1-2H3. The summed E-state index contributed by atoms with van der Waals surface area (Å²) in [6.45, 7) is 0.541. The number of amides is 1. The number of methoxy groups -OCH3 is 1. The second-order valence-corrected chi connectivity index (χ2v) is 5.19. The average Bonchev–Trinajstić information content (AvgIpc) is 2.48. The Morgan fingerprint density at radius 3 is 2.50 bits per heavy atom. The van der Waals surface area contributed by atoms with Crippen LogP contribution in [0.2, 0.25) is 0 Å². The molecule has 0 N–H and O–H groups in total. The van der Waals surface area contributed by atoms with Gasteiger partial charge in [0.2, 0.25) is 0 Å². The van der Waals surface area contributed by atoms with Crippen molar-refractivity contribution in [3.63, 3.8) is 0 Å². The summed E-state index contributed by atoms with van der Waals surface area (Å²) in [6.07, 6.45) is 1.57. The largest absolute Gasteiger partial charge is 0.497 e. The highest BCUT2D eigenvalue weighted by atomic mass is 79.9. The molecule has 1 heterocycles. The zero-order chi connectivity index (χ0) is 14.5. The van der Waals surface area contributed by atoms with E-state index in [4.69, 9.17) is 4.74 Å². The molecule has 4 nitrogen and oxygen atoms in total. The summed E-state index contributed by atoms with van der Waals surface area (Å²) < 4.78 is 5.82. The van der Waals surface area contributed by atoms with E-state index in [-0.39, 0.29) is 5.91 Å². The van der Waals surface area contributed by atoms with Crippen LogP contribution >= 0.6 is 15.9 Å². The Hall–Kier alpha value is -1.88. The molecule has 1 aromatic heterocycles. The third-order valence-corrected chi connectivity index (χ3v) is 3.37. The van der Waals surface area contributed by atoms with Gasteiger partial charge in [-0.05, 0) is 45.8 Å². The Bertz CT molecular complexity index is 582. The molecule has 1 aromatic carbocycles. The first-order valence-electron chi connectivity index (χ1n) is 6.10. The van der Waals surface area contributed by atoms with Gasteiger partial charge >= 0.3 is 0 Å². The number of pyridine rings is 1. The van der Waals surface area contributed by atoms with Gasteiger partial charge in [-0.3, -0.25) is 4.79 Å². The molecule has 20 heavy (non-hydrogen) atoms. The van der Waals surface area contributed by atoms with E-state index in [1.54, 1.807) is 37.4 Å². The van der Waals surface area contributed by atoms with Crippen molar-refractivity contribution in [2.75, 3.05) is 14.2 Å². The van der Waals surface area contributed by atoms with Crippen LogP contribution in [0.25, 0.3) is 0 Å². The molecule has 0 radical (unpaired) electrons. The number of ether oxygens (including phenoxy) is 1. The van der Waals surface area contributed by atoms with Crippen LogP contribution < -0.4 is 4.74 Å². The molecule has 1 amide bonds. The fourth-order valence-electron chi connectivity index (χ4n) is 1.80. The molecule has 2 aromatic rings. The van der Waals surface area contributed by atoms with E-state index in [2.05, 4.69) is 20.9 Å². The van der Waals surface area contributed by atoms with Crippen LogP contribution in [-0.4, -0.2) is 29.9 Å². The van der Waals surface area contributed by atoms with E-state index in [1.165, 1.54) is 0 Å². The van der Waals surface area contributed by atoms with Crippen LogP contribution in [0.4, 0.5) is 0 Å². The van der Waals surface area contributed by atoms with Gasteiger partial charge in [-0.2, -0.15) is 0 Å². The predicted octanol–water partition coefficient (Wildman–Crippen LogP) is 3.12. The third-order valence-electron chi connectivity index (χ3n) is 2.90. The van der Waals surface area contributed by atoms with Gasteiger partial charge in [-0.15, -0.1) is 0 Å². The molecule has 0 saturated carbocycles. The van der Waals surface area contributed by atoms with Crippen molar-refractivity contribution in [1.82, 2.24) is 9.88 Å². The maximum absolute atomic E-state index is 12.2. The Morgan fingerprint density at radius 2 is 1.95 bits per heavy atom. The van der Waals surface area contributed by atoms with Crippen molar-refractivity contribution >= 4 is 21.8 Å². The van der Waals surface area contributed by atoms with Crippen LogP contribution in [0.5, 0.6) is 5.75 Å². The molecule has 0 bridgehead atoms. The smallest absolute Gasteiger partial charge is 0.255 e. The molecule has 0 aliphatic carbocycles. The van der Waals surface area contributed by atoms with E-state index < -0.39 is 0 Å². The Kier molecular flexibility index (Phi) is 4.74. The van der Waals surface area contributed by atoms with Crippen LogP contribution in [0, 0.1) is 0 Å². The maximum Gasteiger partial charge on any atom is 0.255 e. The molecule has 0 saturated heterocycles. The molecule has 2 rings (SSSR count). The minimum absolute atomic E-state index is 0.0548. The van der Waals surface area contributed by atoms with E-state index in [1.807, 2.05) is 24.3 Å². The van der Waals surface area contributed by atoms with Gasteiger partial charge in [0.1, 0.15) is 10.4 Å². The fraction of sp³-hybridized carbons (Fsp3) is 0.200. The first-order chi connectivity index (χ1) is 9.60. The lowest BCUT2D eigenvalue weighted by Crippen LogP contribution is -2.26. The molecule has 0 aliphatic heterocycles. The zero-order valence-electron chi connectivity index (χ0n) is 11.3. The van der Waals surface area contributed by atoms with Gasteiger partial charge < -0.3 is 9.64 Å². The van der Waals surface area contributed by atoms with Crippen molar-refractivity contribution in [2.45, 2.75) is 6.54 Å². The Morgan fingerprint density at radius 1 is 1.25 bits per heavy atom. The van der Waals surface area contributed by atoms with Crippen molar-refractivity contribution < 1.29 is 9.53 Å². The highest BCUT2D eigenvalue weighted by molar-refractivity contribution is 9.10. The maximum atomic E-state index is 12.2. The number of halogens is 1. The van der Waals surface area contributed by atoms with E-state index >= 15 is 0 Å².